The Balaban J connectivity index is 1.98. The van der Waals surface area contributed by atoms with E-state index >= 15 is 0 Å². The summed E-state index contributed by atoms with van der Waals surface area (Å²) in [6.45, 7) is 6.96. The van der Waals surface area contributed by atoms with Crippen LogP contribution in [-0.2, 0) is 6.54 Å². The number of hydrogen-bond donors (Lipinski definition) is 2. The van der Waals surface area contributed by atoms with Crippen LogP contribution in [0.1, 0.15) is 25.0 Å². The van der Waals surface area contributed by atoms with Gasteiger partial charge in [-0.2, -0.15) is 0 Å². The Morgan fingerprint density at radius 3 is 3.16 bits per heavy atom. The molecule has 1 aliphatic heterocycles. The maximum absolute atomic E-state index is 9.70. The highest BCUT2D eigenvalue weighted by Crippen LogP contribution is 2.34. The number of anilines is 1. The molecular weight excluding hydrogens is 258 g/mol. The monoisotopic (exact) mass is 281 g/mol. The number of nitrogens with zero attached hydrogens (tertiary/aromatic N) is 2. The van der Waals surface area contributed by atoms with Crippen LogP contribution >= 0.6 is 11.3 Å². The summed E-state index contributed by atoms with van der Waals surface area (Å²) < 4.78 is 0. The summed E-state index contributed by atoms with van der Waals surface area (Å²) in [6, 6.07) is 0. The Labute approximate surface area is 119 Å². The van der Waals surface area contributed by atoms with Gasteiger partial charge in [0.25, 0.3) is 0 Å². The van der Waals surface area contributed by atoms with Gasteiger partial charge < -0.3 is 10.4 Å². The standard InChI is InChI=1S/C14H23N3OS/c1-3-5-14(11-18)6-4-7-17(10-14)8-12-9-19-13(15-2)16-12/h3,9,18H,1,4-8,10-11H2,2H3,(H,15,16)/t14-/m1/s1. The van der Waals surface area contributed by atoms with E-state index in [9.17, 15) is 5.11 Å². The van der Waals surface area contributed by atoms with Crippen LogP contribution in [0.5, 0.6) is 0 Å². The molecule has 5 heteroatoms. The van der Waals surface area contributed by atoms with Crippen LogP contribution in [-0.4, -0.2) is 41.7 Å². The highest BCUT2D eigenvalue weighted by Gasteiger charge is 2.33. The summed E-state index contributed by atoms with van der Waals surface area (Å²) in [5, 5.41) is 15.8. The molecule has 1 aliphatic rings. The van der Waals surface area contributed by atoms with Gasteiger partial charge in [-0.25, -0.2) is 4.98 Å². The Hall–Kier alpha value is -0.910. The van der Waals surface area contributed by atoms with Crippen molar-refractivity contribution in [3.63, 3.8) is 0 Å². The summed E-state index contributed by atoms with van der Waals surface area (Å²) in [5.41, 5.74) is 1.11. The van der Waals surface area contributed by atoms with E-state index in [1.807, 2.05) is 13.1 Å². The van der Waals surface area contributed by atoms with E-state index in [-0.39, 0.29) is 12.0 Å². The number of thiazole rings is 1. The first-order valence-corrected chi connectivity index (χ1v) is 7.65. The van der Waals surface area contributed by atoms with Crippen molar-refractivity contribution in [3.05, 3.63) is 23.7 Å². The topological polar surface area (TPSA) is 48.4 Å². The molecule has 1 fully saturated rings. The van der Waals surface area contributed by atoms with Gasteiger partial charge in [0, 0.05) is 30.9 Å². The summed E-state index contributed by atoms with van der Waals surface area (Å²) >= 11 is 1.64. The van der Waals surface area contributed by atoms with Gasteiger partial charge in [0.15, 0.2) is 5.13 Å². The molecule has 0 radical (unpaired) electrons. The molecule has 2 rings (SSSR count). The van der Waals surface area contributed by atoms with E-state index in [4.69, 9.17) is 0 Å². The van der Waals surface area contributed by atoms with Crippen LogP contribution < -0.4 is 5.32 Å². The lowest BCUT2D eigenvalue weighted by molar-refractivity contribution is 0.0305. The Morgan fingerprint density at radius 2 is 2.53 bits per heavy atom. The highest BCUT2D eigenvalue weighted by molar-refractivity contribution is 7.13. The molecule has 19 heavy (non-hydrogen) atoms. The van der Waals surface area contributed by atoms with Crippen molar-refractivity contribution in [1.29, 1.82) is 0 Å². The zero-order valence-corrected chi connectivity index (χ0v) is 12.4. The Morgan fingerprint density at radius 1 is 1.68 bits per heavy atom. The van der Waals surface area contributed by atoms with Gasteiger partial charge in [-0.1, -0.05) is 6.08 Å². The summed E-state index contributed by atoms with van der Waals surface area (Å²) in [4.78, 5) is 6.93. The number of aliphatic hydroxyl groups is 1. The predicted molar refractivity (Wildman–Crippen MR) is 80.5 cm³/mol. The summed E-state index contributed by atoms with van der Waals surface area (Å²) in [6.07, 6.45) is 5.04. The van der Waals surface area contributed by atoms with E-state index in [0.29, 0.717) is 0 Å². The minimum Gasteiger partial charge on any atom is -0.396 e. The molecule has 1 atom stereocenters. The predicted octanol–water partition coefficient (Wildman–Crippen LogP) is 2.34. The van der Waals surface area contributed by atoms with Crippen molar-refractivity contribution in [1.82, 2.24) is 9.88 Å². The molecule has 0 aromatic carbocycles. The van der Waals surface area contributed by atoms with Gasteiger partial charge in [-0.15, -0.1) is 17.9 Å². The van der Waals surface area contributed by atoms with E-state index in [1.54, 1.807) is 11.3 Å². The van der Waals surface area contributed by atoms with Crippen LogP contribution in [0.15, 0.2) is 18.0 Å². The average molecular weight is 281 g/mol. The number of hydrogen-bond acceptors (Lipinski definition) is 5. The van der Waals surface area contributed by atoms with Crippen LogP contribution in [0, 0.1) is 5.41 Å². The van der Waals surface area contributed by atoms with Gasteiger partial charge >= 0.3 is 0 Å². The minimum atomic E-state index is 0.00184. The molecule has 1 saturated heterocycles. The van der Waals surface area contributed by atoms with Crippen molar-refractivity contribution in [2.45, 2.75) is 25.8 Å². The first-order chi connectivity index (χ1) is 9.21. The smallest absolute Gasteiger partial charge is 0.182 e. The highest BCUT2D eigenvalue weighted by atomic mass is 32.1. The molecule has 0 spiro atoms. The van der Waals surface area contributed by atoms with Crippen LogP contribution in [0.25, 0.3) is 0 Å². The number of nitrogens with one attached hydrogen (secondary N) is 1. The molecule has 0 saturated carbocycles. The molecule has 1 aromatic heterocycles. The zero-order chi connectivity index (χ0) is 13.7. The SMILES string of the molecule is C=CC[C@@]1(CO)CCCN(Cc2csc(NC)n2)C1. The molecule has 106 valence electrons. The largest absolute Gasteiger partial charge is 0.396 e. The van der Waals surface area contributed by atoms with E-state index < -0.39 is 0 Å². The van der Waals surface area contributed by atoms with Crippen molar-refractivity contribution >= 4 is 16.5 Å². The average Bonchev–Trinajstić information content (AvgIpc) is 2.87. The zero-order valence-electron chi connectivity index (χ0n) is 11.6. The molecular formula is C14H23N3OS. The van der Waals surface area contributed by atoms with Crippen LogP contribution in [0.3, 0.4) is 0 Å². The molecule has 0 amide bonds. The number of allylic oxidation sites excluding steroid dienone is 1. The third-order valence-electron chi connectivity index (χ3n) is 3.80. The van der Waals surface area contributed by atoms with Crippen molar-refractivity contribution in [2.24, 2.45) is 5.41 Å². The second-order valence-electron chi connectivity index (χ2n) is 5.36. The van der Waals surface area contributed by atoms with Crippen LogP contribution in [0.4, 0.5) is 5.13 Å². The third kappa shape index (κ3) is 3.55. The normalized spacial score (nSPS) is 24.3. The van der Waals surface area contributed by atoms with Gasteiger partial charge in [0.1, 0.15) is 0 Å². The van der Waals surface area contributed by atoms with Crippen LogP contribution in [0.2, 0.25) is 0 Å². The fourth-order valence-electron chi connectivity index (χ4n) is 2.84. The molecule has 0 bridgehead atoms. The Kier molecular flexibility index (Phi) is 4.96. The summed E-state index contributed by atoms with van der Waals surface area (Å²) in [7, 11) is 1.89. The molecule has 1 aromatic rings. The number of likely N-dealkylation sites (tertiary alicyclic amines) is 1. The number of rotatable bonds is 6. The van der Waals surface area contributed by atoms with Gasteiger partial charge in [0.05, 0.1) is 12.3 Å². The molecule has 2 N–H and O–H groups in total. The maximum Gasteiger partial charge on any atom is 0.182 e. The minimum absolute atomic E-state index is 0.00184. The molecule has 0 aliphatic carbocycles. The van der Waals surface area contributed by atoms with E-state index in [1.165, 1.54) is 0 Å². The lowest BCUT2D eigenvalue weighted by Gasteiger charge is -2.41. The number of aromatic nitrogens is 1. The second kappa shape index (κ2) is 6.50. The number of piperidine rings is 1. The fourth-order valence-corrected chi connectivity index (χ4v) is 3.50. The fraction of sp³-hybridized carbons (Fsp3) is 0.643. The third-order valence-corrected chi connectivity index (χ3v) is 4.71. The van der Waals surface area contributed by atoms with Gasteiger partial charge in [-0.3, -0.25) is 4.90 Å². The Bertz CT molecular complexity index is 421. The quantitative estimate of drug-likeness (QED) is 0.786. The first kappa shape index (κ1) is 14.5. The van der Waals surface area contributed by atoms with Crippen molar-refractivity contribution in [3.8, 4) is 0 Å². The number of aliphatic hydroxyl groups excluding tert-OH is 1. The van der Waals surface area contributed by atoms with Gasteiger partial charge in [0.2, 0.25) is 0 Å². The van der Waals surface area contributed by atoms with Crippen molar-refractivity contribution < 1.29 is 5.11 Å². The molecule has 0 unspecified atom stereocenters. The van der Waals surface area contributed by atoms with Crippen molar-refractivity contribution in [2.75, 3.05) is 32.1 Å². The molecule has 4 nitrogen and oxygen atoms in total. The summed E-state index contributed by atoms with van der Waals surface area (Å²) in [5.74, 6) is 0. The lowest BCUT2D eigenvalue weighted by atomic mass is 9.78. The maximum atomic E-state index is 9.70. The first-order valence-electron chi connectivity index (χ1n) is 6.77. The van der Waals surface area contributed by atoms with E-state index in [0.717, 1.165) is 49.7 Å². The van der Waals surface area contributed by atoms with Gasteiger partial charge in [-0.05, 0) is 25.8 Å². The second-order valence-corrected chi connectivity index (χ2v) is 6.22. The molecule has 2 heterocycles. The van der Waals surface area contributed by atoms with E-state index in [2.05, 4.69) is 27.2 Å². The lowest BCUT2D eigenvalue weighted by Crippen LogP contribution is -2.44.